The summed E-state index contributed by atoms with van der Waals surface area (Å²) in [6.45, 7) is 5.06. The van der Waals surface area contributed by atoms with Crippen molar-refractivity contribution >= 4 is 48.5 Å². The lowest BCUT2D eigenvalue weighted by Crippen LogP contribution is -2.39. The van der Waals surface area contributed by atoms with Gasteiger partial charge in [-0.05, 0) is 35.7 Å². The molecule has 0 aliphatic carbocycles. The van der Waals surface area contributed by atoms with Crippen LogP contribution in [0.2, 0.25) is 0 Å². The zero-order valence-corrected chi connectivity index (χ0v) is 22.6. The summed E-state index contributed by atoms with van der Waals surface area (Å²) in [4.78, 5) is 23.2. The van der Waals surface area contributed by atoms with Crippen LogP contribution in [0.4, 0.5) is 5.13 Å². The minimum Gasteiger partial charge on any atom is -0.379 e. The molecule has 1 saturated heterocycles. The molecule has 1 aliphatic heterocycles. The first kappa shape index (κ1) is 25.1. The number of anilines is 1. The predicted octanol–water partition coefficient (Wildman–Crippen LogP) is 6.34. The number of benzene rings is 3. The van der Waals surface area contributed by atoms with Crippen LogP contribution in [0.15, 0.2) is 83.3 Å². The highest BCUT2D eigenvalue weighted by Crippen LogP contribution is 2.34. The van der Waals surface area contributed by atoms with Gasteiger partial charge in [0, 0.05) is 43.0 Å². The number of aromatic nitrogens is 1. The Morgan fingerprint density at radius 2 is 1.67 bits per heavy atom. The summed E-state index contributed by atoms with van der Waals surface area (Å²) < 4.78 is 7.58. The second-order valence-electron chi connectivity index (χ2n) is 9.04. The lowest BCUT2D eigenvalue weighted by molar-refractivity contribution is -0.118. The zero-order chi connectivity index (χ0) is 24.7. The fourth-order valence-electron chi connectivity index (χ4n) is 4.69. The molecular weight excluding hydrogens is 534 g/mol. The van der Waals surface area contributed by atoms with Gasteiger partial charge < -0.3 is 4.74 Å². The van der Waals surface area contributed by atoms with Crippen LogP contribution in [-0.2, 0) is 9.53 Å². The van der Waals surface area contributed by atoms with Gasteiger partial charge in [0.25, 0.3) is 0 Å². The molecule has 4 aromatic rings. The van der Waals surface area contributed by atoms with Crippen molar-refractivity contribution in [1.82, 2.24) is 9.88 Å². The Bertz CT molecular complexity index is 1240. The van der Waals surface area contributed by atoms with E-state index < -0.39 is 0 Å². The van der Waals surface area contributed by atoms with Crippen molar-refractivity contribution in [3.05, 3.63) is 94.5 Å². The van der Waals surface area contributed by atoms with Crippen LogP contribution < -0.4 is 4.90 Å². The van der Waals surface area contributed by atoms with Gasteiger partial charge in [-0.3, -0.25) is 14.6 Å². The van der Waals surface area contributed by atoms with Gasteiger partial charge in [0.2, 0.25) is 5.91 Å². The number of fused-ring (bicyclic) bond motifs is 1. The largest absolute Gasteiger partial charge is 0.379 e. The first-order chi connectivity index (χ1) is 17.7. The molecule has 0 radical (unpaired) electrons. The van der Waals surface area contributed by atoms with Gasteiger partial charge in [-0.2, -0.15) is 0 Å². The molecule has 186 valence electrons. The van der Waals surface area contributed by atoms with E-state index in [1.54, 1.807) is 11.3 Å². The zero-order valence-electron chi connectivity index (χ0n) is 20.2. The average Bonchev–Trinajstić information content (AvgIpc) is 3.34. The van der Waals surface area contributed by atoms with E-state index in [0.717, 1.165) is 70.2 Å². The molecule has 0 atom stereocenters. The van der Waals surface area contributed by atoms with E-state index in [0.29, 0.717) is 13.0 Å². The maximum Gasteiger partial charge on any atom is 0.229 e. The summed E-state index contributed by atoms with van der Waals surface area (Å²) in [6, 6.07) is 26.7. The van der Waals surface area contributed by atoms with Crippen LogP contribution in [0, 0.1) is 0 Å². The molecule has 1 amide bonds. The molecule has 2 heterocycles. The number of carbonyl (C=O) groups is 1. The minimum atomic E-state index is -0.00911. The highest BCUT2D eigenvalue weighted by atomic mass is 79.9. The predicted molar refractivity (Wildman–Crippen MR) is 151 cm³/mol. The van der Waals surface area contributed by atoms with Crippen molar-refractivity contribution < 1.29 is 9.53 Å². The van der Waals surface area contributed by atoms with E-state index in [2.05, 4.69) is 51.2 Å². The molecule has 0 bridgehead atoms. The summed E-state index contributed by atoms with van der Waals surface area (Å²) in [5.74, 6) is 0.0953. The highest BCUT2D eigenvalue weighted by Gasteiger charge is 2.25. The number of ether oxygens (including phenoxy) is 1. The van der Waals surface area contributed by atoms with Crippen molar-refractivity contribution in [3.63, 3.8) is 0 Å². The van der Waals surface area contributed by atoms with Crippen molar-refractivity contribution in [2.75, 3.05) is 44.3 Å². The first-order valence-electron chi connectivity index (χ1n) is 12.4. The minimum absolute atomic E-state index is 0.00911. The number of nitrogens with zero attached hydrogens (tertiary/aromatic N) is 3. The molecule has 0 spiro atoms. The van der Waals surface area contributed by atoms with E-state index in [4.69, 9.17) is 9.72 Å². The second kappa shape index (κ2) is 12.1. The highest BCUT2D eigenvalue weighted by molar-refractivity contribution is 9.10. The fourth-order valence-corrected chi connectivity index (χ4v) is 6.25. The van der Waals surface area contributed by atoms with Crippen LogP contribution in [0.5, 0.6) is 0 Å². The van der Waals surface area contributed by atoms with Crippen LogP contribution in [0.3, 0.4) is 0 Å². The number of carbonyl (C=O) groups excluding carboxylic acids is 1. The number of rotatable bonds is 9. The third-order valence-corrected chi connectivity index (χ3v) is 8.15. The molecule has 0 N–H and O–H groups in total. The smallest absolute Gasteiger partial charge is 0.229 e. The number of morpholine rings is 1. The monoisotopic (exact) mass is 563 g/mol. The Balaban J connectivity index is 1.40. The van der Waals surface area contributed by atoms with Crippen molar-refractivity contribution in [2.24, 2.45) is 0 Å². The average molecular weight is 565 g/mol. The molecule has 1 aliphatic rings. The lowest BCUT2D eigenvalue weighted by Gasteiger charge is -2.28. The van der Waals surface area contributed by atoms with Gasteiger partial charge in [0.15, 0.2) is 5.13 Å². The second-order valence-corrected chi connectivity index (χ2v) is 11.0. The maximum absolute atomic E-state index is 14.0. The molecule has 3 aromatic carbocycles. The Hall–Kier alpha value is -2.58. The topological polar surface area (TPSA) is 45.7 Å². The van der Waals surface area contributed by atoms with E-state index in [1.807, 2.05) is 53.4 Å². The summed E-state index contributed by atoms with van der Waals surface area (Å²) >= 11 is 5.14. The molecule has 7 heteroatoms. The van der Waals surface area contributed by atoms with Crippen LogP contribution in [0.25, 0.3) is 10.2 Å². The Labute approximate surface area is 224 Å². The number of hydrogen-bond donors (Lipinski definition) is 0. The van der Waals surface area contributed by atoms with Gasteiger partial charge in [-0.1, -0.05) is 87.9 Å². The Kier molecular flexibility index (Phi) is 8.43. The third-order valence-electron chi connectivity index (χ3n) is 6.61. The number of amides is 1. The van der Waals surface area contributed by atoms with Crippen molar-refractivity contribution in [1.29, 1.82) is 0 Å². The molecule has 5 nitrogen and oxygen atoms in total. The van der Waals surface area contributed by atoms with Gasteiger partial charge >= 0.3 is 0 Å². The molecular formula is C29H30BrN3O2S. The summed E-state index contributed by atoms with van der Waals surface area (Å²) in [5.41, 5.74) is 3.23. The molecule has 0 unspecified atom stereocenters. The quantitative estimate of drug-likeness (QED) is 0.238. The summed E-state index contributed by atoms with van der Waals surface area (Å²) in [6.07, 6.45) is 1.29. The SMILES string of the molecule is O=C(CC(c1ccccc1)c1ccccc1)N(CCCN1CCOCC1)c1nc2ccc(Br)cc2s1. The lowest BCUT2D eigenvalue weighted by atomic mass is 9.88. The van der Waals surface area contributed by atoms with Gasteiger partial charge in [0.1, 0.15) is 0 Å². The molecule has 1 fully saturated rings. The van der Waals surface area contributed by atoms with E-state index in [-0.39, 0.29) is 11.8 Å². The third kappa shape index (κ3) is 6.21. The molecule has 36 heavy (non-hydrogen) atoms. The van der Waals surface area contributed by atoms with Gasteiger partial charge in [0.05, 0.1) is 23.4 Å². The molecule has 0 saturated carbocycles. The van der Waals surface area contributed by atoms with Crippen LogP contribution >= 0.6 is 27.3 Å². The Morgan fingerprint density at radius 3 is 2.33 bits per heavy atom. The van der Waals surface area contributed by atoms with Crippen LogP contribution in [0.1, 0.15) is 29.9 Å². The summed E-state index contributed by atoms with van der Waals surface area (Å²) in [7, 11) is 0. The fraction of sp³-hybridized carbons (Fsp3) is 0.310. The van der Waals surface area contributed by atoms with E-state index >= 15 is 0 Å². The van der Waals surface area contributed by atoms with E-state index in [1.165, 1.54) is 0 Å². The molecule has 5 rings (SSSR count). The van der Waals surface area contributed by atoms with Crippen LogP contribution in [-0.4, -0.2) is 55.2 Å². The number of hydrogen-bond acceptors (Lipinski definition) is 5. The number of thiazole rings is 1. The van der Waals surface area contributed by atoms with E-state index in [9.17, 15) is 4.79 Å². The first-order valence-corrected chi connectivity index (χ1v) is 14.0. The normalized spacial score (nSPS) is 14.4. The van der Waals surface area contributed by atoms with Gasteiger partial charge in [-0.15, -0.1) is 0 Å². The van der Waals surface area contributed by atoms with Crippen molar-refractivity contribution in [2.45, 2.75) is 18.8 Å². The maximum atomic E-state index is 14.0. The summed E-state index contributed by atoms with van der Waals surface area (Å²) in [5, 5.41) is 0.773. The van der Waals surface area contributed by atoms with Gasteiger partial charge in [-0.25, -0.2) is 4.98 Å². The molecule has 1 aromatic heterocycles. The Morgan fingerprint density at radius 1 is 1.00 bits per heavy atom. The standard InChI is InChI=1S/C29H30BrN3O2S/c30-24-12-13-26-27(20-24)36-29(31-26)33(15-7-14-32-16-18-35-19-17-32)28(34)21-25(22-8-3-1-4-9-22)23-10-5-2-6-11-23/h1-6,8-13,20,25H,7,14-19,21H2. The number of halogens is 1. The van der Waals surface area contributed by atoms with Crippen molar-refractivity contribution in [3.8, 4) is 0 Å².